The first-order valence-corrected chi connectivity index (χ1v) is 7.10. The zero-order chi connectivity index (χ0) is 12.8. The van der Waals surface area contributed by atoms with Gasteiger partial charge in [-0.1, -0.05) is 31.9 Å². The summed E-state index contributed by atoms with van der Waals surface area (Å²) < 4.78 is 11.2. The van der Waals surface area contributed by atoms with Crippen molar-refractivity contribution in [2.75, 3.05) is 13.7 Å². The van der Waals surface area contributed by atoms with Crippen LogP contribution in [0, 0.1) is 0 Å². The van der Waals surface area contributed by atoms with Crippen LogP contribution in [0.3, 0.4) is 0 Å². The predicted octanol–water partition coefficient (Wildman–Crippen LogP) is 3.46. The first-order chi connectivity index (χ1) is 8.12. The highest BCUT2D eigenvalue weighted by Crippen LogP contribution is 2.29. The number of esters is 1. The molecule has 0 heterocycles. The smallest absolute Gasteiger partial charge is 0.310 e. The number of carbonyl (C=O) groups excluding carboxylic acids is 1. The van der Waals surface area contributed by atoms with Gasteiger partial charge in [-0.15, -0.1) is 0 Å². The highest BCUT2D eigenvalue weighted by atomic mass is 79.9. The molecule has 0 aliphatic heterocycles. The second-order valence-corrected chi connectivity index (χ2v) is 4.84. The molecule has 1 rings (SSSR count). The average molecular weight is 366 g/mol. The summed E-state index contributed by atoms with van der Waals surface area (Å²) in [7, 11) is 1.59. The minimum absolute atomic E-state index is 0.227. The molecule has 0 bridgehead atoms. The lowest BCUT2D eigenvalue weighted by Gasteiger charge is -2.13. The van der Waals surface area contributed by atoms with E-state index in [0.29, 0.717) is 17.7 Å². The lowest BCUT2D eigenvalue weighted by molar-refractivity contribution is -0.142. The van der Waals surface area contributed by atoms with Gasteiger partial charge in [-0.2, -0.15) is 0 Å². The molecule has 3 nitrogen and oxygen atoms in total. The van der Waals surface area contributed by atoms with Crippen LogP contribution in [0.15, 0.2) is 16.6 Å². The van der Waals surface area contributed by atoms with Crippen LogP contribution in [0.5, 0.6) is 5.75 Å². The summed E-state index contributed by atoms with van der Waals surface area (Å²) in [5.41, 5.74) is 1.88. The molecular formula is C12H14Br2O3. The molecule has 1 aromatic rings. The van der Waals surface area contributed by atoms with Gasteiger partial charge >= 0.3 is 5.97 Å². The Balaban J connectivity index is 3.06. The first kappa shape index (κ1) is 14.5. The minimum atomic E-state index is -0.240. The van der Waals surface area contributed by atoms with Crippen molar-refractivity contribution in [3.8, 4) is 5.75 Å². The number of methoxy groups -OCH3 is 1. The average Bonchev–Trinajstić information content (AvgIpc) is 2.31. The van der Waals surface area contributed by atoms with Crippen molar-refractivity contribution in [3.05, 3.63) is 27.7 Å². The molecule has 17 heavy (non-hydrogen) atoms. The van der Waals surface area contributed by atoms with Crippen LogP contribution in [0.1, 0.15) is 18.1 Å². The Morgan fingerprint density at radius 3 is 2.65 bits per heavy atom. The van der Waals surface area contributed by atoms with E-state index in [4.69, 9.17) is 9.47 Å². The Labute approximate surface area is 118 Å². The van der Waals surface area contributed by atoms with Crippen LogP contribution in [0.4, 0.5) is 0 Å². The summed E-state index contributed by atoms with van der Waals surface area (Å²) >= 11 is 6.81. The van der Waals surface area contributed by atoms with Gasteiger partial charge in [0.05, 0.1) is 20.1 Å². The Hall–Kier alpha value is -0.550. The molecule has 0 saturated heterocycles. The van der Waals surface area contributed by atoms with E-state index in [1.807, 2.05) is 12.1 Å². The van der Waals surface area contributed by atoms with Crippen molar-refractivity contribution in [2.24, 2.45) is 0 Å². The molecule has 0 spiro atoms. The third-order valence-corrected chi connectivity index (χ3v) is 3.32. The van der Waals surface area contributed by atoms with Gasteiger partial charge in [0.2, 0.25) is 0 Å². The zero-order valence-electron chi connectivity index (χ0n) is 9.76. The molecule has 0 aromatic heterocycles. The second-order valence-electron chi connectivity index (χ2n) is 3.36. The largest absolute Gasteiger partial charge is 0.496 e. The molecule has 0 amide bonds. The third-order valence-electron chi connectivity index (χ3n) is 2.26. The van der Waals surface area contributed by atoms with Crippen molar-refractivity contribution in [1.82, 2.24) is 0 Å². The third kappa shape index (κ3) is 4.00. The van der Waals surface area contributed by atoms with Gasteiger partial charge < -0.3 is 9.47 Å². The highest BCUT2D eigenvalue weighted by Gasteiger charge is 2.14. The predicted molar refractivity (Wildman–Crippen MR) is 73.7 cm³/mol. The molecule has 0 N–H and O–H groups in total. The highest BCUT2D eigenvalue weighted by molar-refractivity contribution is 9.10. The summed E-state index contributed by atoms with van der Waals surface area (Å²) in [6.45, 7) is 2.18. The van der Waals surface area contributed by atoms with Gasteiger partial charge in [0, 0.05) is 15.4 Å². The van der Waals surface area contributed by atoms with Gasteiger partial charge in [-0.25, -0.2) is 0 Å². The van der Waals surface area contributed by atoms with E-state index in [1.54, 1.807) is 14.0 Å². The number of ether oxygens (including phenoxy) is 2. The van der Waals surface area contributed by atoms with E-state index < -0.39 is 0 Å². The maximum absolute atomic E-state index is 11.5. The summed E-state index contributed by atoms with van der Waals surface area (Å²) in [5, 5.41) is 0.664. The lowest BCUT2D eigenvalue weighted by atomic mass is 10.0. The maximum Gasteiger partial charge on any atom is 0.310 e. The normalized spacial score (nSPS) is 10.1. The second kappa shape index (κ2) is 7.01. The molecule has 0 unspecified atom stereocenters. The summed E-state index contributed by atoms with van der Waals surface area (Å²) in [6, 6.07) is 3.81. The molecule has 0 saturated carbocycles. The number of hydrogen-bond acceptors (Lipinski definition) is 3. The molecule has 5 heteroatoms. The molecule has 0 atom stereocenters. The molecule has 0 radical (unpaired) electrons. The Bertz CT molecular complexity index is 380. The van der Waals surface area contributed by atoms with Crippen molar-refractivity contribution < 1.29 is 14.3 Å². The fourth-order valence-corrected chi connectivity index (χ4v) is 2.51. The van der Waals surface area contributed by atoms with Crippen molar-refractivity contribution in [2.45, 2.75) is 18.7 Å². The SMILES string of the molecule is CCOC(=O)Cc1c(CBr)cc(Br)cc1OC. The van der Waals surface area contributed by atoms with E-state index in [-0.39, 0.29) is 12.4 Å². The maximum atomic E-state index is 11.5. The number of carbonyl (C=O) groups is 1. The summed E-state index contributed by atoms with van der Waals surface area (Å²) in [4.78, 5) is 11.5. The van der Waals surface area contributed by atoms with Crippen molar-refractivity contribution in [3.63, 3.8) is 0 Å². The van der Waals surface area contributed by atoms with Crippen LogP contribution in [-0.4, -0.2) is 19.7 Å². The van der Waals surface area contributed by atoms with Gasteiger partial charge in [-0.05, 0) is 24.6 Å². The first-order valence-electron chi connectivity index (χ1n) is 5.19. The number of rotatable bonds is 5. The van der Waals surface area contributed by atoms with Crippen LogP contribution in [-0.2, 0) is 21.3 Å². The van der Waals surface area contributed by atoms with Crippen molar-refractivity contribution >= 4 is 37.8 Å². The molecule has 94 valence electrons. The quantitative estimate of drug-likeness (QED) is 0.592. The van der Waals surface area contributed by atoms with Crippen LogP contribution < -0.4 is 4.74 Å². The van der Waals surface area contributed by atoms with Gasteiger partial charge in [0.15, 0.2) is 0 Å². The fourth-order valence-electron chi connectivity index (χ4n) is 1.52. The van der Waals surface area contributed by atoms with E-state index in [1.165, 1.54) is 0 Å². The van der Waals surface area contributed by atoms with Crippen LogP contribution >= 0.6 is 31.9 Å². The number of halogens is 2. The van der Waals surface area contributed by atoms with E-state index >= 15 is 0 Å². The fraction of sp³-hybridized carbons (Fsp3) is 0.417. The van der Waals surface area contributed by atoms with E-state index in [9.17, 15) is 4.79 Å². The van der Waals surface area contributed by atoms with E-state index in [2.05, 4.69) is 31.9 Å². The van der Waals surface area contributed by atoms with Crippen LogP contribution in [0.25, 0.3) is 0 Å². The molecular weight excluding hydrogens is 352 g/mol. The number of hydrogen-bond donors (Lipinski definition) is 0. The molecule has 0 aliphatic rings. The Morgan fingerprint density at radius 1 is 1.41 bits per heavy atom. The summed E-state index contributed by atoms with van der Waals surface area (Å²) in [6.07, 6.45) is 0.227. The molecule has 0 fully saturated rings. The molecule has 1 aromatic carbocycles. The summed E-state index contributed by atoms with van der Waals surface area (Å²) in [5.74, 6) is 0.456. The van der Waals surface area contributed by atoms with Gasteiger partial charge in [0.1, 0.15) is 5.75 Å². The number of alkyl halides is 1. The standard InChI is InChI=1S/C12H14Br2O3/c1-3-17-12(15)6-10-8(7-13)4-9(14)5-11(10)16-2/h4-5H,3,6-7H2,1-2H3. The lowest BCUT2D eigenvalue weighted by Crippen LogP contribution is -2.10. The number of benzene rings is 1. The van der Waals surface area contributed by atoms with E-state index in [0.717, 1.165) is 15.6 Å². The van der Waals surface area contributed by atoms with Crippen molar-refractivity contribution in [1.29, 1.82) is 0 Å². The van der Waals surface area contributed by atoms with Gasteiger partial charge in [-0.3, -0.25) is 4.79 Å². The monoisotopic (exact) mass is 364 g/mol. The van der Waals surface area contributed by atoms with Crippen LogP contribution in [0.2, 0.25) is 0 Å². The van der Waals surface area contributed by atoms with Gasteiger partial charge in [0.25, 0.3) is 0 Å². The minimum Gasteiger partial charge on any atom is -0.496 e. The topological polar surface area (TPSA) is 35.5 Å². The Morgan fingerprint density at radius 2 is 2.12 bits per heavy atom. The Kier molecular flexibility index (Phi) is 5.98. The zero-order valence-corrected chi connectivity index (χ0v) is 12.9. The molecule has 0 aliphatic carbocycles.